The fourth-order valence-corrected chi connectivity index (χ4v) is 6.80. The summed E-state index contributed by atoms with van der Waals surface area (Å²) >= 11 is 1.05. The molecule has 37 heavy (non-hydrogen) atoms. The highest BCUT2D eigenvalue weighted by Gasteiger charge is 2.46. The van der Waals surface area contributed by atoms with Crippen molar-refractivity contribution >= 4 is 22.9 Å². The fourth-order valence-electron chi connectivity index (χ4n) is 5.94. The van der Waals surface area contributed by atoms with Crippen LogP contribution in [0, 0.1) is 20.8 Å². The van der Waals surface area contributed by atoms with Gasteiger partial charge in [0.05, 0.1) is 5.25 Å². The van der Waals surface area contributed by atoms with E-state index < -0.39 is 5.60 Å². The Morgan fingerprint density at radius 2 is 1.86 bits per heavy atom. The first kappa shape index (κ1) is 25.9. The van der Waals surface area contributed by atoms with Crippen LogP contribution < -0.4 is 20.1 Å². The molecule has 4 atom stereocenters. The van der Waals surface area contributed by atoms with E-state index in [1.807, 2.05) is 45.0 Å². The Kier molecular flexibility index (Phi) is 6.92. The second-order valence-electron chi connectivity index (χ2n) is 11.1. The van der Waals surface area contributed by atoms with E-state index >= 15 is 0 Å². The highest BCUT2D eigenvalue weighted by atomic mass is 32.2. The van der Waals surface area contributed by atoms with E-state index in [0.29, 0.717) is 12.2 Å². The van der Waals surface area contributed by atoms with Crippen LogP contribution >= 0.6 is 11.8 Å². The summed E-state index contributed by atoms with van der Waals surface area (Å²) in [5.41, 5.74) is 4.41. The number of hydrogen-bond donors (Lipinski definition) is 3. The van der Waals surface area contributed by atoms with Crippen LogP contribution in [0.3, 0.4) is 0 Å². The van der Waals surface area contributed by atoms with Gasteiger partial charge >= 0.3 is 0 Å². The summed E-state index contributed by atoms with van der Waals surface area (Å²) in [4.78, 5) is 23.4. The van der Waals surface area contributed by atoms with Crippen LogP contribution in [-0.2, 0) is 11.2 Å². The molecular formula is C29H36N2O5S. The zero-order valence-electron chi connectivity index (χ0n) is 22.1. The van der Waals surface area contributed by atoms with Gasteiger partial charge in [-0.3, -0.25) is 14.9 Å². The molecule has 2 aromatic carbocycles. The number of hydrogen-bond acceptors (Lipinski definition) is 7. The molecule has 0 aromatic heterocycles. The minimum absolute atomic E-state index is 0.0646. The van der Waals surface area contributed by atoms with Crippen LogP contribution in [0.15, 0.2) is 24.3 Å². The van der Waals surface area contributed by atoms with Gasteiger partial charge in [-0.05, 0) is 101 Å². The number of phenolic OH excluding ortho intramolecular Hbond substituents is 1. The van der Waals surface area contributed by atoms with Crippen molar-refractivity contribution in [3.05, 3.63) is 52.1 Å². The smallest absolute Gasteiger partial charge is 0.286 e. The van der Waals surface area contributed by atoms with Gasteiger partial charge in [0.2, 0.25) is 5.91 Å². The van der Waals surface area contributed by atoms with Crippen molar-refractivity contribution in [3.63, 3.8) is 0 Å². The van der Waals surface area contributed by atoms with Gasteiger partial charge in [0.15, 0.2) is 0 Å². The summed E-state index contributed by atoms with van der Waals surface area (Å²) in [7, 11) is 0. The maximum atomic E-state index is 11.9. The Bertz CT molecular complexity index is 1220. The van der Waals surface area contributed by atoms with Crippen molar-refractivity contribution in [2.45, 2.75) is 89.2 Å². The summed E-state index contributed by atoms with van der Waals surface area (Å²) in [6.45, 7) is 11.2. The number of ether oxygens (including phenoxy) is 2. The van der Waals surface area contributed by atoms with Crippen LogP contribution in [0.25, 0.3) is 0 Å². The number of nitrogens with one attached hydrogen (secondary N) is 2. The molecule has 3 heterocycles. The highest BCUT2D eigenvalue weighted by molar-refractivity contribution is 8.15. The van der Waals surface area contributed by atoms with E-state index in [1.165, 1.54) is 0 Å². The monoisotopic (exact) mass is 524 g/mol. The Morgan fingerprint density at radius 3 is 2.49 bits per heavy atom. The standard InChI is InChI=1S/C29H36N2O5S/c1-15-16(2)26-24(17(3)25(15)32)20(29(4,5)36-26)14-22(21-7-6-12-30-21)35-19-10-8-18(9-11-19)13-23-27(33)31-28(34)37-23/h8-11,20-23,30,32H,6-7,12-14H2,1-5H3,(H,31,33,34)/t20?,21-,22?,23?/m1/s1. The molecule has 3 aliphatic rings. The quantitative estimate of drug-likeness (QED) is 0.466. The van der Waals surface area contributed by atoms with Gasteiger partial charge in [0.25, 0.3) is 5.24 Å². The minimum atomic E-state index is -0.431. The number of benzene rings is 2. The zero-order chi connectivity index (χ0) is 26.5. The summed E-state index contributed by atoms with van der Waals surface area (Å²) in [5, 5.41) is 16.1. The van der Waals surface area contributed by atoms with Crippen LogP contribution in [0.4, 0.5) is 4.79 Å². The van der Waals surface area contributed by atoms with Crippen LogP contribution in [0.5, 0.6) is 17.2 Å². The lowest BCUT2D eigenvalue weighted by molar-refractivity contribution is -0.118. The Labute approximate surface area is 222 Å². The zero-order valence-corrected chi connectivity index (χ0v) is 23.0. The summed E-state index contributed by atoms with van der Waals surface area (Å²) in [6.07, 6.45) is 3.33. The number of imide groups is 1. The molecule has 5 rings (SSSR count). The maximum absolute atomic E-state index is 11.9. The molecule has 198 valence electrons. The lowest BCUT2D eigenvalue weighted by atomic mass is 9.78. The van der Waals surface area contributed by atoms with Gasteiger partial charge in [0.1, 0.15) is 29.0 Å². The van der Waals surface area contributed by atoms with Gasteiger partial charge in [-0.15, -0.1) is 0 Å². The largest absolute Gasteiger partial charge is 0.507 e. The molecule has 3 unspecified atom stereocenters. The van der Waals surface area contributed by atoms with Crippen LogP contribution in [-0.4, -0.2) is 45.8 Å². The van der Waals surface area contributed by atoms with Crippen molar-refractivity contribution in [3.8, 4) is 17.2 Å². The van der Waals surface area contributed by atoms with Crippen molar-refractivity contribution in [2.24, 2.45) is 0 Å². The topological polar surface area (TPSA) is 96.9 Å². The van der Waals surface area contributed by atoms with Crippen LogP contribution in [0.2, 0.25) is 0 Å². The van der Waals surface area contributed by atoms with Crippen molar-refractivity contribution in [1.82, 2.24) is 10.6 Å². The first-order valence-electron chi connectivity index (χ1n) is 13.1. The summed E-state index contributed by atoms with van der Waals surface area (Å²) in [6, 6.07) is 8.07. The first-order valence-corrected chi connectivity index (χ1v) is 13.9. The van der Waals surface area contributed by atoms with Gasteiger partial charge in [-0.25, -0.2) is 0 Å². The molecule has 0 aliphatic carbocycles. The average Bonchev–Trinajstić information content (AvgIpc) is 3.56. The van der Waals surface area contributed by atoms with Crippen molar-refractivity contribution in [1.29, 1.82) is 0 Å². The number of thioether (sulfide) groups is 1. The van der Waals surface area contributed by atoms with Gasteiger partial charge in [-0.1, -0.05) is 23.9 Å². The molecule has 8 heteroatoms. The molecular weight excluding hydrogens is 488 g/mol. The third-order valence-corrected chi connectivity index (χ3v) is 9.21. The molecule has 7 nitrogen and oxygen atoms in total. The number of aromatic hydroxyl groups is 1. The number of rotatable bonds is 7. The molecule has 0 saturated carbocycles. The molecule has 2 saturated heterocycles. The second kappa shape index (κ2) is 9.87. The van der Waals surface area contributed by atoms with Gasteiger partial charge in [-0.2, -0.15) is 0 Å². The van der Waals surface area contributed by atoms with E-state index in [4.69, 9.17) is 9.47 Å². The second-order valence-corrected chi connectivity index (χ2v) is 12.2. The Morgan fingerprint density at radius 1 is 1.14 bits per heavy atom. The number of carbonyl (C=O) groups is 2. The lowest BCUT2D eigenvalue weighted by Crippen LogP contribution is -2.42. The van der Waals surface area contributed by atoms with Gasteiger partial charge in [0, 0.05) is 17.5 Å². The van der Waals surface area contributed by atoms with E-state index in [1.54, 1.807) is 0 Å². The molecule has 0 radical (unpaired) electrons. The third kappa shape index (κ3) is 4.93. The summed E-state index contributed by atoms with van der Waals surface area (Å²) < 4.78 is 13.2. The molecule has 2 amide bonds. The number of amides is 2. The minimum Gasteiger partial charge on any atom is -0.507 e. The van der Waals surface area contributed by atoms with E-state index in [0.717, 1.165) is 76.9 Å². The number of fused-ring (bicyclic) bond motifs is 1. The van der Waals surface area contributed by atoms with E-state index in [2.05, 4.69) is 24.5 Å². The predicted molar refractivity (Wildman–Crippen MR) is 145 cm³/mol. The Hall–Kier alpha value is -2.71. The summed E-state index contributed by atoms with van der Waals surface area (Å²) in [5.74, 6) is 1.87. The molecule has 2 aromatic rings. The van der Waals surface area contributed by atoms with Crippen molar-refractivity contribution < 1.29 is 24.2 Å². The number of phenols is 1. The molecule has 0 bridgehead atoms. The normalized spacial score (nSPS) is 25.1. The first-order chi connectivity index (χ1) is 17.5. The number of carbonyl (C=O) groups excluding carboxylic acids is 2. The highest BCUT2D eigenvalue weighted by Crippen LogP contribution is 2.53. The predicted octanol–water partition coefficient (Wildman–Crippen LogP) is 5.06. The fraction of sp³-hybridized carbons (Fsp3) is 0.517. The third-order valence-electron chi connectivity index (χ3n) is 8.23. The van der Waals surface area contributed by atoms with E-state index in [-0.39, 0.29) is 34.5 Å². The SMILES string of the molecule is Cc1c(C)c2c(c(C)c1O)C(CC(Oc1ccc(CC3SC(=O)NC3=O)cc1)[C@H]1CCCN1)C(C)(C)O2. The maximum Gasteiger partial charge on any atom is 0.286 e. The molecule has 0 spiro atoms. The molecule has 3 aliphatic heterocycles. The lowest BCUT2D eigenvalue weighted by Gasteiger charge is -2.33. The van der Waals surface area contributed by atoms with Crippen molar-refractivity contribution in [2.75, 3.05) is 6.54 Å². The Balaban J connectivity index is 1.38. The van der Waals surface area contributed by atoms with E-state index in [9.17, 15) is 14.7 Å². The molecule has 3 N–H and O–H groups in total. The van der Waals surface area contributed by atoms with Gasteiger partial charge < -0.3 is 19.9 Å². The van der Waals surface area contributed by atoms with Crippen LogP contribution in [0.1, 0.15) is 66.8 Å². The molecule has 2 fully saturated rings. The average molecular weight is 525 g/mol.